The first-order valence-electron chi connectivity index (χ1n) is 7.48. The molecule has 1 heterocycles. The number of fused-ring (bicyclic) bond motifs is 1. The molecule has 5 nitrogen and oxygen atoms in total. The monoisotopic (exact) mass is 343 g/mol. The second-order valence-corrected chi connectivity index (χ2v) is 5.25. The molecule has 1 N–H and O–H groups in total. The third-order valence-electron chi connectivity index (χ3n) is 3.55. The van der Waals surface area contributed by atoms with E-state index in [4.69, 9.17) is 0 Å². The van der Waals surface area contributed by atoms with Gasteiger partial charge in [-0.3, -0.25) is 10.1 Å². The van der Waals surface area contributed by atoms with E-state index in [9.17, 15) is 13.6 Å². The van der Waals surface area contributed by atoms with E-state index in [1.807, 2.05) is 31.3 Å². The number of halogens is 2. The van der Waals surface area contributed by atoms with Crippen molar-refractivity contribution in [3.8, 4) is 5.75 Å². The Kier molecular flexibility index (Phi) is 4.74. The Morgan fingerprint density at radius 2 is 1.92 bits per heavy atom. The number of hydrogen-bond acceptors (Lipinski definition) is 3. The summed E-state index contributed by atoms with van der Waals surface area (Å²) >= 11 is 0. The third-order valence-corrected chi connectivity index (χ3v) is 3.55. The standard InChI is InChI=1S/C18H15F2N3O2/c1-23-15-5-3-2-4-14(15)21-18(23)22-16(24)11-8-12-6-9-13(10-7-12)25-17(19)20/h2-11,17H,1H3,(H,21,22,24)/b11-8-. The Hall–Kier alpha value is -3.22. The topological polar surface area (TPSA) is 56.2 Å². The van der Waals surface area contributed by atoms with E-state index in [2.05, 4.69) is 15.0 Å². The summed E-state index contributed by atoms with van der Waals surface area (Å²) in [5, 5.41) is 2.71. The quantitative estimate of drug-likeness (QED) is 0.717. The van der Waals surface area contributed by atoms with Crippen LogP contribution in [0.4, 0.5) is 14.7 Å². The molecule has 3 rings (SSSR count). The number of benzene rings is 2. The molecule has 2 aromatic carbocycles. The van der Waals surface area contributed by atoms with Crippen molar-refractivity contribution in [1.82, 2.24) is 9.55 Å². The molecule has 0 aliphatic heterocycles. The minimum Gasteiger partial charge on any atom is -0.435 e. The molecule has 1 amide bonds. The van der Waals surface area contributed by atoms with Crippen LogP contribution in [-0.4, -0.2) is 22.1 Å². The Balaban J connectivity index is 1.67. The van der Waals surface area contributed by atoms with Crippen molar-refractivity contribution in [2.75, 3.05) is 5.32 Å². The molecule has 0 unspecified atom stereocenters. The number of carbonyl (C=O) groups excluding carboxylic acids is 1. The van der Waals surface area contributed by atoms with Gasteiger partial charge in [-0.05, 0) is 35.9 Å². The second-order valence-electron chi connectivity index (χ2n) is 5.25. The number of hydrogen-bond donors (Lipinski definition) is 1. The predicted octanol–water partition coefficient (Wildman–Crippen LogP) is 3.83. The first-order valence-corrected chi connectivity index (χ1v) is 7.48. The number of anilines is 1. The molecule has 0 saturated carbocycles. The number of rotatable bonds is 5. The van der Waals surface area contributed by atoms with Crippen LogP contribution in [0, 0.1) is 0 Å². The highest BCUT2D eigenvalue weighted by molar-refractivity contribution is 6.01. The van der Waals surface area contributed by atoms with Crippen molar-refractivity contribution in [1.29, 1.82) is 0 Å². The molecule has 1 aromatic heterocycles. The molecule has 0 bridgehead atoms. The number of amides is 1. The summed E-state index contributed by atoms with van der Waals surface area (Å²) in [5.41, 5.74) is 2.39. The van der Waals surface area contributed by atoms with E-state index in [1.54, 1.807) is 22.8 Å². The fourth-order valence-corrected chi connectivity index (χ4v) is 2.34. The first kappa shape index (κ1) is 16.6. The SMILES string of the molecule is Cn1c(NC(=O)/C=C\c2ccc(OC(F)F)cc2)nc2ccccc21. The molecule has 0 atom stereocenters. The third kappa shape index (κ3) is 4.00. The molecule has 0 fully saturated rings. The summed E-state index contributed by atoms with van der Waals surface area (Å²) in [4.78, 5) is 16.4. The zero-order chi connectivity index (χ0) is 17.8. The number of imidazole rings is 1. The highest BCUT2D eigenvalue weighted by Crippen LogP contribution is 2.18. The van der Waals surface area contributed by atoms with Crippen molar-refractivity contribution in [3.63, 3.8) is 0 Å². The molecular weight excluding hydrogens is 328 g/mol. The molecule has 128 valence electrons. The lowest BCUT2D eigenvalue weighted by molar-refractivity contribution is -0.111. The van der Waals surface area contributed by atoms with Crippen LogP contribution in [0.1, 0.15) is 5.56 Å². The number of para-hydroxylation sites is 2. The van der Waals surface area contributed by atoms with Gasteiger partial charge in [-0.2, -0.15) is 8.78 Å². The highest BCUT2D eigenvalue weighted by atomic mass is 19.3. The maximum atomic E-state index is 12.1. The van der Waals surface area contributed by atoms with Gasteiger partial charge in [0.15, 0.2) is 0 Å². The largest absolute Gasteiger partial charge is 0.435 e. The van der Waals surface area contributed by atoms with Crippen LogP contribution in [0.15, 0.2) is 54.6 Å². The molecule has 0 saturated heterocycles. The lowest BCUT2D eigenvalue weighted by Crippen LogP contribution is -2.11. The summed E-state index contributed by atoms with van der Waals surface area (Å²) in [7, 11) is 1.82. The van der Waals surface area contributed by atoms with Crippen LogP contribution >= 0.6 is 0 Å². The fourth-order valence-electron chi connectivity index (χ4n) is 2.34. The Bertz CT molecular complexity index is 918. The minimum atomic E-state index is -2.86. The first-order chi connectivity index (χ1) is 12.0. The Morgan fingerprint density at radius 3 is 2.60 bits per heavy atom. The summed E-state index contributed by atoms with van der Waals surface area (Å²) in [5.74, 6) is 0.166. The molecule has 0 aliphatic carbocycles. The number of nitrogens with one attached hydrogen (secondary N) is 1. The van der Waals surface area contributed by atoms with Gasteiger partial charge in [-0.25, -0.2) is 4.98 Å². The maximum Gasteiger partial charge on any atom is 0.387 e. The molecule has 0 aliphatic rings. The molecule has 3 aromatic rings. The van der Waals surface area contributed by atoms with Crippen molar-refractivity contribution in [2.24, 2.45) is 7.05 Å². The van der Waals surface area contributed by atoms with Gasteiger partial charge in [0.1, 0.15) is 5.75 Å². The zero-order valence-corrected chi connectivity index (χ0v) is 13.3. The van der Waals surface area contributed by atoms with E-state index in [1.165, 1.54) is 18.2 Å². The number of ether oxygens (including phenoxy) is 1. The van der Waals surface area contributed by atoms with Gasteiger partial charge in [0.2, 0.25) is 5.95 Å². The van der Waals surface area contributed by atoms with Crippen LogP contribution in [0.3, 0.4) is 0 Å². The lowest BCUT2D eigenvalue weighted by Gasteiger charge is -2.04. The normalized spacial score (nSPS) is 11.4. The van der Waals surface area contributed by atoms with E-state index < -0.39 is 6.61 Å². The van der Waals surface area contributed by atoms with E-state index in [0.29, 0.717) is 11.5 Å². The van der Waals surface area contributed by atoms with Gasteiger partial charge >= 0.3 is 6.61 Å². The maximum absolute atomic E-state index is 12.1. The Labute approximate surface area is 142 Å². The van der Waals surface area contributed by atoms with Crippen molar-refractivity contribution < 1.29 is 18.3 Å². The lowest BCUT2D eigenvalue weighted by atomic mass is 10.2. The van der Waals surface area contributed by atoms with Crippen LogP contribution in [0.25, 0.3) is 17.1 Å². The van der Waals surface area contributed by atoms with Crippen molar-refractivity contribution in [3.05, 3.63) is 60.2 Å². The highest BCUT2D eigenvalue weighted by Gasteiger charge is 2.08. The van der Waals surface area contributed by atoms with E-state index in [-0.39, 0.29) is 11.7 Å². The number of aromatic nitrogens is 2. The summed E-state index contributed by atoms with van der Waals surface area (Å²) in [6, 6.07) is 13.5. The summed E-state index contributed by atoms with van der Waals surface area (Å²) < 4.78 is 30.2. The Morgan fingerprint density at radius 1 is 1.20 bits per heavy atom. The van der Waals surface area contributed by atoms with Gasteiger partial charge in [0.05, 0.1) is 11.0 Å². The van der Waals surface area contributed by atoms with Gasteiger partial charge in [-0.1, -0.05) is 24.3 Å². The molecule has 0 spiro atoms. The van der Waals surface area contributed by atoms with Gasteiger partial charge in [-0.15, -0.1) is 0 Å². The van der Waals surface area contributed by atoms with E-state index in [0.717, 1.165) is 11.0 Å². The number of aryl methyl sites for hydroxylation is 1. The van der Waals surface area contributed by atoms with Crippen LogP contribution < -0.4 is 10.1 Å². The minimum absolute atomic E-state index is 0.0660. The smallest absolute Gasteiger partial charge is 0.387 e. The van der Waals surface area contributed by atoms with Crippen LogP contribution in [0.5, 0.6) is 5.75 Å². The molecular formula is C18H15F2N3O2. The fraction of sp³-hybridized carbons (Fsp3) is 0.111. The number of alkyl halides is 2. The van der Waals surface area contributed by atoms with Gasteiger partial charge < -0.3 is 9.30 Å². The van der Waals surface area contributed by atoms with Gasteiger partial charge in [0.25, 0.3) is 5.91 Å². The van der Waals surface area contributed by atoms with Crippen LogP contribution in [-0.2, 0) is 11.8 Å². The molecule has 0 radical (unpaired) electrons. The summed E-state index contributed by atoms with van der Waals surface area (Å²) in [6.45, 7) is -2.86. The van der Waals surface area contributed by atoms with E-state index >= 15 is 0 Å². The second kappa shape index (κ2) is 7.12. The average molecular weight is 343 g/mol. The van der Waals surface area contributed by atoms with Crippen molar-refractivity contribution in [2.45, 2.75) is 6.61 Å². The average Bonchev–Trinajstić information content (AvgIpc) is 2.90. The van der Waals surface area contributed by atoms with Gasteiger partial charge in [0, 0.05) is 13.1 Å². The van der Waals surface area contributed by atoms with Crippen molar-refractivity contribution >= 4 is 29.0 Å². The molecule has 7 heteroatoms. The zero-order valence-electron chi connectivity index (χ0n) is 13.3. The number of nitrogens with zero attached hydrogens (tertiary/aromatic N) is 2. The predicted molar refractivity (Wildman–Crippen MR) is 91.5 cm³/mol. The van der Waals surface area contributed by atoms with Crippen LogP contribution in [0.2, 0.25) is 0 Å². The summed E-state index contributed by atoms with van der Waals surface area (Å²) in [6.07, 6.45) is 2.92. The number of carbonyl (C=O) groups is 1. The molecule has 25 heavy (non-hydrogen) atoms.